The summed E-state index contributed by atoms with van der Waals surface area (Å²) < 4.78 is 43.9. The van der Waals surface area contributed by atoms with E-state index in [9.17, 15) is 0 Å². The van der Waals surface area contributed by atoms with Gasteiger partial charge in [-0.3, -0.25) is 0 Å². The monoisotopic (exact) mass is 410 g/mol. The molecule has 170 valence electrons. The number of rotatable bonds is 23. The minimum Gasteiger partial charge on any atom is -0.385 e. The van der Waals surface area contributed by atoms with Crippen LogP contribution in [0.3, 0.4) is 0 Å². The van der Waals surface area contributed by atoms with Crippen molar-refractivity contribution in [3.63, 3.8) is 0 Å². The average molecular weight is 411 g/mol. The van der Waals surface area contributed by atoms with Crippen molar-refractivity contribution in [2.45, 2.75) is 19.3 Å². The summed E-state index contributed by atoms with van der Waals surface area (Å²) in [6, 6.07) is 0. The topological polar surface area (TPSA) is 73.8 Å². The lowest BCUT2D eigenvalue weighted by atomic mass is 9.92. The Morgan fingerprint density at radius 1 is 0.393 bits per heavy atom. The van der Waals surface area contributed by atoms with Crippen molar-refractivity contribution in [2.75, 3.05) is 108 Å². The molecule has 0 aromatic rings. The summed E-state index contributed by atoms with van der Waals surface area (Å²) in [6.07, 6.45) is 2.54. The Bertz CT molecular complexity index is 268. The molecule has 0 aromatic heterocycles. The molecule has 0 bridgehead atoms. The second kappa shape index (κ2) is 21.4. The van der Waals surface area contributed by atoms with Gasteiger partial charge in [0.2, 0.25) is 0 Å². The molecular weight excluding hydrogens is 368 g/mol. The predicted molar refractivity (Wildman–Crippen MR) is 107 cm³/mol. The third-order valence-electron chi connectivity index (χ3n) is 3.98. The molecule has 0 aromatic carbocycles. The molecule has 0 aliphatic rings. The van der Waals surface area contributed by atoms with Crippen molar-refractivity contribution >= 4 is 0 Å². The molecule has 8 heteroatoms. The van der Waals surface area contributed by atoms with Crippen LogP contribution in [0.15, 0.2) is 0 Å². The molecule has 0 aliphatic carbocycles. The summed E-state index contributed by atoms with van der Waals surface area (Å²) in [5, 5.41) is 0. The van der Waals surface area contributed by atoms with E-state index in [-0.39, 0.29) is 5.41 Å². The van der Waals surface area contributed by atoms with Gasteiger partial charge in [-0.05, 0) is 19.3 Å². The van der Waals surface area contributed by atoms with Crippen LogP contribution in [-0.2, 0) is 37.9 Å². The van der Waals surface area contributed by atoms with Gasteiger partial charge in [0, 0.05) is 68.1 Å². The third kappa shape index (κ3) is 16.6. The van der Waals surface area contributed by atoms with Gasteiger partial charge in [0.05, 0.1) is 45.1 Å². The second-order valence-corrected chi connectivity index (χ2v) is 6.74. The van der Waals surface area contributed by atoms with Crippen LogP contribution in [0.2, 0.25) is 0 Å². The molecular formula is C20H42O8. The molecule has 0 aliphatic heterocycles. The van der Waals surface area contributed by atoms with Crippen LogP contribution in [0.4, 0.5) is 0 Å². The molecule has 0 unspecified atom stereocenters. The smallest absolute Gasteiger partial charge is 0.0700 e. The first-order valence-corrected chi connectivity index (χ1v) is 10.0. The van der Waals surface area contributed by atoms with Gasteiger partial charge < -0.3 is 37.9 Å². The van der Waals surface area contributed by atoms with Crippen LogP contribution in [0.1, 0.15) is 19.3 Å². The summed E-state index contributed by atoms with van der Waals surface area (Å²) in [5.41, 5.74) is -0.374. The zero-order valence-corrected chi connectivity index (χ0v) is 18.4. The lowest BCUT2D eigenvalue weighted by Gasteiger charge is -2.33. The normalized spacial score (nSPS) is 12.0. The number of hydrogen-bond acceptors (Lipinski definition) is 8. The molecule has 0 heterocycles. The summed E-state index contributed by atoms with van der Waals surface area (Å²) in [7, 11) is 6.73. The highest BCUT2D eigenvalue weighted by molar-refractivity contribution is 4.79. The maximum absolute atomic E-state index is 5.91. The van der Waals surface area contributed by atoms with E-state index in [0.717, 1.165) is 19.3 Å². The van der Waals surface area contributed by atoms with E-state index in [1.165, 1.54) is 0 Å². The predicted octanol–water partition coefficient (Wildman–Crippen LogP) is 1.80. The van der Waals surface area contributed by atoms with Gasteiger partial charge in [-0.2, -0.15) is 0 Å². The standard InChI is InChI=1S/C20H42O8/c1-21-8-5-11-25-16-20(19-28-15-14-24-4,17-26-12-6-9-22-2)18-27-13-7-10-23-3/h5-19H2,1-4H3. The fourth-order valence-electron chi connectivity index (χ4n) is 2.46. The molecule has 0 fully saturated rings. The van der Waals surface area contributed by atoms with Crippen molar-refractivity contribution in [1.29, 1.82) is 0 Å². The first kappa shape index (κ1) is 27.7. The van der Waals surface area contributed by atoms with Gasteiger partial charge in [0.25, 0.3) is 0 Å². The number of hydrogen-bond donors (Lipinski definition) is 0. The van der Waals surface area contributed by atoms with E-state index >= 15 is 0 Å². The Morgan fingerprint density at radius 2 is 0.714 bits per heavy atom. The zero-order chi connectivity index (χ0) is 20.8. The second-order valence-electron chi connectivity index (χ2n) is 6.74. The van der Waals surface area contributed by atoms with Gasteiger partial charge in [-0.15, -0.1) is 0 Å². The zero-order valence-electron chi connectivity index (χ0n) is 18.4. The Labute approximate surface area is 171 Å². The van der Waals surface area contributed by atoms with Gasteiger partial charge in [0.15, 0.2) is 0 Å². The van der Waals surface area contributed by atoms with Gasteiger partial charge in [-0.25, -0.2) is 0 Å². The Morgan fingerprint density at radius 3 is 1.04 bits per heavy atom. The Balaban J connectivity index is 4.66. The summed E-state index contributed by atoms with van der Waals surface area (Å²) in [4.78, 5) is 0. The first-order valence-electron chi connectivity index (χ1n) is 10.0. The molecule has 0 saturated heterocycles. The lowest BCUT2D eigenvalue weighted by molar-refractivity contribution is -0.112. The minimum atomic E-state index is -0.374. The first-order chi connectivity index (χ1) is 13.7. The highest BCUT2D eigenvalue weighted by atomic mass is 16.5. The fraction of sp³-hybridized carbons (Fsp3) is 1.00. The largest absolute Gasteiger partial charge is 0.385 e. The van der Waals surface area contributed by atoms with Crippen LogP contribution in [0.25, 0.3) is 0 Å². The summed E-state index contributed by atoms with van der Waals surface area (Å²) in [6.45, 7) is 6.96. The van der Waals surface area contributed by atoms with Gasteiger partial charge in [0.1, 0.15) is 0 Å². The molecule has 28 heavy (non-hydrogen) atoms. The SMILES string of the molecule is COCCCOCC(COCCCOC)(COCCCOC)COCCOC. The number of ether oxygens (including phenoxy) is 8. The minimum absolute atomic E-state index is 0.374. The summed E-state index contributed by atoms with van der Waals surface area (Å²) >= 11 is 0. The van der Waals surface area contributed by atoms with Crippen molar-refractivity contribution in [3.05, 3.63) is 0 Å². The molecule has 0 radical (unpaired) electrons. The van der Waals surface area contributed by atoms with E-state index in [4.69, 9.17) is 37.9 Å². The van der Waals surface area contributed by atoms with E-state index in [0.29, 0.717) is 79.3 Å². The summed E-state index contributed by atoms with van der Waals surface area (Å²) in [5.74, 6) is 0. The molecule has 0 atom stereocenters. The van der Waals surface area contributed by atoms with Crippen molar-refractivity contribution < 1.29 is 37.9 Å². The molecule has 0 N–H and O–H groups in total. The van der Waals surface area contributed by atoms with Crippen LogP contribution in [-0.4, -0.2) is 108 Å². The molecule has 0 amide bonds. The van der Waals surface area contributed by atoms with Gasteiger partial charge in [-0.1, -0.05) is 0 Å². The molecule has 8 nitrogen and oxygen atoms in total. The highest BCUT2D eigenvalue weighted by Crippen LogP contribution is 2.21. The maximum atomic E-state index is 5.91. The van der Waals surface area contributed by atoms with E-state index in [1.807, 2.05) is 0 Å². The third-order valence-corrected chi connectivity index (χ3v) is 3.98. The van der Waals surface area contributed by atoms with Crippen LogP contribution in [0.5, 0.6) is 0 Å². The Hall–Kier alpha value is -0.320. The molecule has 0 spiro atoms. The van der Waals surface area contributed by atoms with Gasteiger partial charge >= 0.3 is 0 Å². The van der Waals surface area contributed by atoms with Crippen molar-refractivity contribution in [1.82, 2.24) is 0 Å². The fourth-order valence-corrected chi connectivity index (χ4v) is 2.46. The van der Waals surface area contributed by atoms with Crippen LogP contribution >= 0.6 is 0 Å². The van der Waals surface area contributed by atoms with Crippen LogP contribution < -0.4 is 0 Å². The molecule has 0 rings (SSSR count). The lowest BCUT2D eigenvalue weighted by Crippen LogP contribution is -2.42. The Kier molecular flexibility index (Phi) is 21.1. The maximum Gasteiger partial charge on any atom is 0.0700 e. The van der Waals surface area contributed by atoms with Crippen molar-refractivity contribution in [3.8, 4) is 0 Å². The number of methoxy groups -OCH3 is 4. The van der Waals surface area contributed by atoms with E-state index < -0.39 is 0 Å². The quantitative estimate of drug-likeness (QED) is 0.236. The van der Waals surface area contributed by atoms with E-state index in [1.54, 1.807) is 28.4 Å². The van der Waals surface area contributed by atoms with Crippen LogP contribution in [0, 0.1) is 5.41 Å². The van der Waals surface area contributed by atoms with Crippen molar-refractivity contribution in [2.24, 2.45) is 5.41 Å². The molecule has 0 saturated carbocycles. The highest BCUT2D eigenvalue weighted by Gasteiger charge is 2.32. The van der Waals surface area contributed by atoms with E-state index in [2.05, 4.69) is 0 Å². The average Bonchev–Trinajstić information content (AvgIpc) is 2.70.